The Morgan fingerprint density at radius 3 is 2.57 bits per heavy atom. The fraction of sp³-hybridized carbons (Fsp3) is 0.200. The number of hydrogen-bond donors (Lipinski definition) is 1. The molecule has 0 aromatic heterocycles. The van der Waals surface area contributed by atoms with E-state index in [2.05, 4.69) is 10.3 Å². The average Bonchev–Trinajstić information content (AvgIpc) is 2.20. The van der Waals surface area contributed by atoms with Crippen molar-refractivity contribution in [1.82, 2.24) is 5.32 Å². The number of amides is 1. The standard InChI is InChI=1S/C10H10N2O2/c1-2-11-10(14)8-3-5-9(6-4-8)12-7-13/h3-6H,2H2,1H3,(H,11,14). The molecule has 1 N–H and O–H groups in total. The smallest absolute Gasteiger partial charge is 0.251 e. The summed E-state index contributed by atoms with van der Waals surface area (Å²) in [5.74, 6) is -0.130. The van der Waals surface area contributed by atoms with Gasteiger partial charge >= 0.3 is 0 Å². The van der Waals surface area contributed by atoms with Gasteiger partial charge in [-0.05, 0) is 31.2 Å². The van der Waals surface area contributed by atoms with Gasteiger partial charge in [-0.1, -0.05) is 0 Å². The van der Waals surface area contributed by atoms with E-state index >= 15 is 0 Å². The molecule has 0 saturated heterocycles. The van der Waals surface area contributed by atoms with E-state index in [9.17, 15) is 9.59 Å². The van der Waals surface area contributed by atoms with Crippen molar-refractivity contribution in [3.8, 4) is 0 Å². The summed E-state index contributed by atoms with van der Waals surface area (Å²) >= 11 is 0. The van der Waals surface area contributed by atoms with Crippen LogP contribution in [0.5, 0.6) is 0 Å². The first-order valence-corrected chi connectivity index (χ1v) is 4.24. The van der Waals surface area contributed by atoms with Crippen LogP contribution >= 0.6 is 0 Å². The van der Waals surface area contributed by atoms with Crippen LogP contribution in [-0.2, 0) is 4.79 Å². The van der Waals surface area contributed by atoms with E-state index in [1.54, 1.807) is 24.3 Å². The lowest BCUT2D eigenvalue weighted by molar-refractivity contribution is 0.0956. The monoisotopic (exact) mass is 190 g/mol. The van der Waals surface area contributed by atoms with Gasteiger partial charge in [0, 0.05) is 12.1 Å². The van der Waals surface area contributed by atoms with Gasteiger partial charge in [0.15, 0.2) is 0 Å². The lowest BCUT2D eigenvalue weighted by atomic mass is 10.2. The molecular weight excluding hydrogens is 180 g/mol. The number of carbonyl (C=O) groups excluding carboxylic acids is 2. The predicted molar refractivity (Wildman–Crippen MR) is 52.2 cm³/mol. The summed E-state index contributed by atoms with van der Waals surface area (Å²) in [7, 11) is 0. The molecule has 0 heterocycles. The van der Waals surface area contributed by atoms with Gasteiger partial charge in [-0.3, -0.25) is 4.79 Å². The average molecular weight is 190 g/mol. The maximum Gasteiger partial charge on any atom is 0.251 e. The molecule has 0 atom stereocenters. The Balaban J connectivity index is 2.82. The highest BCUT2D eigenvalue weighted by Crippen LogP contribution is 2.11. The lowest BCUT2D eigenvalue weighted by Crippen LogP contribution is -2.22. The molecule has 1 aromatic carbocycles. The van der Waals surface area contributed by atoms with Crippen molar-refractivity contribution in [1.29, 1.82) is 0 Å². The van der Waals surface area contributed by atoms with Crippen LogP contribution in [0.25, 0.3) is 0 Å². The SMILES string of the molecule is CCNC(=O)c1ccc(N=C=O)cc1. The van der Waals surface area contributed by atoms with Crippen LogP contribution in [0.2, 0.25) is 0 Å². The van der Waals surface area contributed by atoms with E-state index in [0.29, 0.717) is 17.8 Å². The van der Waals surface area contributed by atoms with E-state index < -0.39 is 0 Å². The second-order valence-electron chi connectivity index (χ2n) is 2.61. The van der Waals surface area contributed by atoms with E-state index in [1.807, 2.05) is 6.92 Å². The van der Waals surface area contributed by atoms with Gasteiger partial charge in [0.05, 0.1) is 5.69 Å². The minimum Gasteiger partial charge on any atom is -0.352 e. The van der Waals surface area contributed by atoms with Crippen LogP contribution in [0.15, 0.2) is 29.3 Å². The van der Waals surface area contributed by atoms with Crippen LogP contribution in [0, 0.1) is 0 Å². The minimum atomic E-state index is -0.130. The van der Waals surface area contributed by atoms with Crippen molar-refractivity contribution in [2.24, 2.45) is 4.99 Å². The summed E-state index contributed by atoms with van der Waals surface area (Å²) in [6, 6.07) is 6.41. The van der Waals surface area contributed by atoms with Crippen LogP contribution in [0.3, 0.4) is 0 Å². The molecule has 0 radical (unpaired) electrons. The number of nitrogens with zero attached hydrogens (tertiary/aromatic N) is 1. The third-order valence-corrected chi connectivity index (χ3v) is 1.64. The van der Waals surface area contributed by atoms with Crippen LogP contribution in [0.1, 0.15) is 17.3 Å². The molecule has 0 aliphatic carbocycles. The predicted octanol–water partition coefficient (Wildman–Crippen LogP) is 1.40. The third kappa shape index (κ3) is 2.54. The number of hydrogen-bond acceptors (Lipinski definition) is 3. The Hall–Kier alpha value is -1.93. The maximum atomic E-state index is 11.3. The van der Waals surface area contributed by atoms with Crippen molar-refractivity contribution < 1.29 is 9.59 Å². The molecule has 0 saturated carbocycles. The zero-order valence-corrected chi connectivity index (χ0v) is 7.78. The topological polar surface area (TPSA) is 58.5 Å². The van der Waals surface area contributed by atoms with Crippen LogP contribution in [-0.4, -0.2) is 18.5 Å². The maximum absolute atomic E-state index is 11.3. The first-order chi connectivity index (χ1) is 6.77. The zero-order chi connectivity index (χ0) is 10.4. The molecule has 1 rings (SSSR count). The van der Waals surface area contributed by atoms with Crippen LogP contribution in [0.4, 0.5) is 5.69 Å². The molecule has 0 spiro atoms. The Labute approximate surface area is 81.7 Å². The van der Waals surface area contributed by atoms with Crippen molar-refractivity contribution in [3.05, 3.63) is 29.8 Å². The van der Waals surface area contributed by atoms with Crippen molar-refractivity contribution in [3.63, 3.8) is 0 Å². The lowest BCUT2D eigenvalue weighted by Gasteiger charge is -2.01. The van der Waals surface area contributed by atoms with Gasteiger partial charge in [0.1, 0.15) is 0 Å². The number of carbonyl (C=O) groups is 1. The van der Waals surface area contributed by atoms with E-state index in [1.165, 1.54) is 6.08 Å². The second-order valence-corrected chi connectivity index (χ2v) is 2.61. The highest BCUT2D eigenvalue weighted by atomic mass is 16.1. The Morgan fingerprint density at radius 1 is 1.43 bits per heavy atom. The van der Waals surface area contributed by atoms with Crippen LogP contribution < -0.4 is 5.32 Å². The number of aliphatic imine (C=N–C) groups is 1. The highest BCUT2D eigenvalue weighted by molar-refractivity contribution is 5.94. The van der Waals surface area contributed by atoms with Gasteiger partial charge in [0.25, 0.3) is 5.91 Å². The van der Waals surface area contributed by atoms with Gasteiger partial charge in [-0.2, -0.15) is 4.99 Å². The summed E-state index contributed by atoms with van der Waals surface area (Å²) in [5, 5.41) is 2.67. The largest absolute Gasteiger partial charge is 0.352 e. The van der Waals surface area contributed by atoms with E-state index in [-0.39, 0.29) is 5.91 Å². The molecule has 0 aliphatic heterocycles. The number of rotatable bonds is 3. The molecule has 0 aliphatic rings. The Bertz CT molecular complexity index is 364. The molecule has 72 valence electrons. The minimum absolute atomic E-state index is 0.130. The molecule has 1 aromatic rings. The molecule has 0 fully saturated rings. The van der Waals surface area contributed by atoms with Crippen molar-refractivity contribution in [2.45, 2.75) is 6.92 Å². The highest BCUT2D eigenvalue weighted by Gasteiger charge is 2.02. The fourth-order valence-electron chi connectivity index (χ4n) is 1.00. The molecule has 0 bridgehead atoms. The molecule has 4 heteroatoms. The first kappa shape index (κ1) is 10.2. The van der Waals surface area contributed by atoms with Crippen molar-refractivity contribution in [2.75, 3.05) is 6.54 Å². The van der Waals surface area contributed by atoms with E-state index in [0.717, 1.165) is 0 Å². The Morgan fingerprint density at radius 2 is 2.07 bits per heavy atom. The fourth-order valence-corrected chi connectivity index (χ4v) is 1.00. The molecule has 0 unspecified atom stereocenters. The summed E-state index contributed by atoms with van der Waals surface area (Å²) in [5.41, 5.74) is 1.05. The summed E-state index contributed by atoms with van der Waals surface area (Å²) in [4.78, 5) is 24.6. The van der Waals surface area contributed by atoms with Crippen molar-refractivity contribution >= 4 is 17.7 Å². The summed E-state index contributed by atoms with van der Waals surface area (Å²) in [6.07, 6.45) is 1.43. The number of benzene rings is 1. The first-order valence-electron chi connectivity index (χ1n) is 4.24. The Kier molecular flexibility index (Phi) is 3.58. The zero-order valence-electron chi connectivity index (χ0n) is 7.78. The number of nitrogens with one attached hydrogen (secondary N) is 1. The molecule has 14 heavy (non-hydrogen) atoms. The molecule has 1 amide bonds. The van der Waals surface area contributed by atoms with Gasteiger partial charge in [-0.15, -0.1) is 0 Å². The van der Waals surface area contributed by atoms with Gasteiger partial charge in [0.2, 0.25) is 6.08 Å². The number of isocyanates is 1. The summed E-state index contributed by atoms with van der Waals surface area (Å²) < 4.78 is 0. The van der Waals surface area contributed by atoms with E-state index in [4.69, 9.17) is 0 Å². The molecule has 4 nitrogen and oxygen atoms in total. The molecular formula is C10H10N2O2. The van der Waals surface area contributed by atoms with Gasteiger partial charge in [-0.25, -0.2) is 4.79 Å². The summed E-state index contributed by atoms with van der Waals surface area (Å²) in [6.45, 7) is 2.44. The van der Waals surface area contributed by atoms with Gasteiger partial charge < -0.3 is 5.32 Å². The third-order valence-electron chi connectivity index (χ3n) is 1.64. The second kappa shape index (κ2) is 4.94. The quantitative estimate of drug-likeness (QED) is 0.578. The normalized spacial score (nSPS) is 8.93.